The van der Waals surface area contributed by atoms with Crippen molar-refractivity contribution in [1.82, 2.24) is 9.97 Å². The molecule has 2 aromatic rings. The minimum absolute atomic E-state index is 0.0739. The monoisotopic (exact) mass is 280 g/mol. The van der Waals surface area contributed by atoms with Gasteiger partial charge in [-0.3, -0.25) is 0 Å². The maximum absolute atomic E-state index is 11.0. The quantitative estimate of drug-likeness (QED) is 0.480. The van der Waals surface area contributed by atoms with E-state index in [0.29, 0.717) is 0 Å². The van der Waals surface area contributed by atoms with Crippen LogP contribution in [0.4, 0.5) is 0 Å². The zero-order valence-electron chi connectivity index (χ0n) is 10.2. The maximum Gasteiger partial charge on any atom is 0.337 e. The summed E-state index contributed by atoms with van der Waals surface area (Å²) in [7, 11) is 0. The van der Waals surface area contributed by atoms with E-state index in [1.807, 2.05) is 0 Å². The van der Waals surface area contributed by atoms with Crippen LogP contribution in [0.5, 0.6) is 11.8 Å². The van der Waals surface area contributed by atoms with E-state index >= 15 is 0 Å². The molecule has 0 radical (unpaired) electrons. The van der Waals surface area contributed by atoms with Gasteiger partial charge >= 0.3 is 11.9 Å². The Kier molecular flexibility index (Phi) is 3.38. The lowest BCUT2D eigenvalue weighted by molar-refractivity contribution is 0.0684. The smallest absolute Gasteiger partial charge is 0.337 e. The number of aromatic amines is 2. The molecule has 0 amide bonds. The Morgan fingerprint density at radius 3 is 1.50 bits per heavy atom. The van der Waals surface area contributed by atoms with Crippen LogP contribution in [0.25, 0.3) is 0 Å². The molecule has 0 atom stereocenters. The highest BCUT2D eigenvalue weighted by Gasteiger charge is 2.17. The van der Waals surface area contributed by atoms with Gasteiger partial charge in [-0.25, -0.2) is 9.59 Å². The normalized spacial score (nSPS) is 10.6. The first-order chi connectivity index (χ1) is 9.38. The number of hydrogen-bond donors (Lipinski definition) is 6. The van der Waals surface area contributed by atoms with E-state index in [4.69, 9.17) is 10.2 Å². The Morgan fingerprint density at radius 2 is 1.20 bits per heavy atom. The number of nitrogens with one attached hydrogen (secondary N) is 2. The van der Waals surface area contributed by atoms with Gasteiger partial charge in [0.15, 0.2) is 11.8 Å². The molecule has 20 heavy (non-hydrogen) atoms. The average Bonchev–Trinajstić information content (AvgIpc) is 2.89. The van der Waals surface area contributed by atoms with Gasteiger partial charge in [-0.1, -0.05) is 0 Å². The molecular formula is C12H12N2O6. The zero-order chi connectivity index (χ0) is 14.9. The molecule has 106 valence electrons. The minimum Gasteiger partial charge on any atom is -0.495 e. The van der Waals surface area contributed by atoms with E-state index in [1.54, 1.807) is 0 Å². The molecule has 6 N–H and O–H groups in total. The van der Waals surface area contributed by atoms with Crippen molar-refractivity contribution in [2.24, 2.45) is 0 Å². The van der Waals surface area contributed by atoms with Gasteiger partial charge in [0.2, 0.25) is 0 Å². The van der Waals surface area contributed by atoms with Crippen molar-refractivity contribution in [2.45, 2.75) is 12.8 Å². The van der Waals surface area contributed by atoms with Crippen molar-refractivity contribution in [3.8, 4) is 11.8 Å². The van der Waals surface area contributed by atoms with Crippen LogP contribution in [0.3, 0.4) is 0 Å². The zero-order valence-corrected chi connectivity index (χ0v) is 10.2. The molecule has 0 aliphatic carbocycles. The Morgan fingerprint density at radius 1 is 0.850 bits per heavy atom. The molecule has 8 heteroatoms. The number of aromatic hydroxyl groups is 2. The number of aromatic carboxylic acids is 2. The lowest BCUT2D eigenvalue weighted by atomic mass is 10.1. The summed E-state index contributed by atoms with van der Waals surface area (Å²) < 4.78 is 0. The summed E-state index contributed by atoms with van der Waals surface area (Å²) in [5.74, 6) is -2.93. The first kappa shape index (κ1) is 13.5. The lowest BCUT2D eigenvalue weighted by Crippen LogP contribution is -2.05. The molecule has 2 rings (SSSR count). The second-order valence-electron chi connectivity index (χ2n) is 4.20. The maximum atomic E-state index is 11.0. The highest BCUT2D eigenvalue weighted by molar-refractivity contribution is 5.90. The van der Waals surface area contributed by atoms with Crippen molar-refractivity contribution in [2.75, 3.05) is 0 Å². The van der Waals surface area contributed by atoms with E-state index in [9.17, 15) is 19.8 Å². The molecule has 0 aliphatic rings. The molecule has 2 aromatic heterocycles. The molecule has 0 bridgehead atoms. The number of aryl methyl sites for hydroxylation is 2. The van der Waals surface area contributed by atoms with Gasteiger partial charge in [-0.2, -0.15) is 0 Å². The summed E-state index contributed by atoms with van der Waals surface area (Å²) in [6.07, 6.45) is 0.338. The average molecular weight is 280 g/mol. The molecule has 0 fully saturated rings. The van der Waals surface area contributed by atoms with E-state index in [0.717, 1.165) is 12.1 Å². The van der Waals surface area contributed by atoms with Gasteiger partial charge in [0, 0.05) is 23.5 Å². The number of carbonyl (C=O) groups is 2. The molecule has 8 nitrogen and oxygen atoms in total. The van der Waals surface area contributed by atoms with Crippen LogP contribution in [0.1, 0.15) is 32.1 Å². The van der Waals surface area contributed by atoms with Crippen molar-refractivity contribution < 1.29 is 30.0 Å². The SMILES string of the molecule is O=C(O)c1cc(O)[nH]c1CCc1[nH]c(O)cc1C(=O)O. The summed E-state index contributed by atoms with van der Waals surface area (Å²) in [5, 5.41) is 36.4. The van der Waals surface area contributed by atoms with Gasteiger partial charge in [-0.15, -0.1) is 0 Å². The number of carboxylic acid groups (broad SMARTS) is 2. The van der Waals surface area contributed by atoms with E-state index in [2.05, 4.69) is 9.97 Å². The standard InChI is InChI=1S/C12H12N2O6/c15-9-3-5(11(17)18)7(13-9)1-2-8-6(12(19)20)4-10(16)14-8/h3-4,13-16H,1-2H2,(H,17,18)(H,19,20). The fourth-order valence-corrected chi connectivity index (χ4v) is 1.99. The minimum atomic E-state index is -1.19. The van der Waals surface area contributed by atoms with Crippen LogP contribution in [0, 0.1) is 0 Å². The van der Waals surface area contributed by atoms with Crippen molar-refractivity contribution in [3.63, 3.8) is 0 Å². The van der Waals surface area contributed by atoms with Gasteiger partial charge in [0.1, 0.15) is 0 Å². The van der Waals surface area contributed by atoms with Gasteiger partial charge in [0.05, 0.1) is 11.1 Å². The van der Waals surface area contributed by atoms with E-state index < -0.39 is 11.9 Å². The van der Waals surface area contributed by atoms with Crippen molar-refractivity contribution >= 4 is 11.9 Å². The molecule has 0 saturated carbocycles. The van der Waals surface area contributed by atoms with Crippen LogP contribution in [-0.2, 0) is 12.8 Å². The van der Waals surface area contributed by atoms with Crippen LogP contribution in [-0.4, -0.2) is 42.3 Å². The summed E-state index contributed by atoms with van der Waals surface area (Å²) in [5.41, 5.74) is 0.408. The third-order valence-electron chi connectivity index (χ3n) is 2.86. The Hall–Kier alpha value is -2.90. The molecule has 2 heterocycles. The Labute approximate surface area is 112 Å². The van der Waals surface area contributed by atoms with Crippen molar-refractivity contribution in [3.05, 3.63) is 34.6 Å². The second kappa shape index (κ2) is 5.00. The van der Waals surface area contributed by atoms with Gasteiger partial charge in [-0.05, 0) is 12.8 Å². The molecular weight excluding hydrogens is 268 g/mol. The third-order valence-corrected chi connectivity index (χ3v) is 2.86. The van der Waals surface area contributed by atoms with Gasteiger partial charge < -0.3 is 30.4 Å². The second-order valence-corrected chi connectivity index (χ2v) is 4.20. The molecule has 0 spiro atoms. The summed E-state index contributed by atoms with van der Waals surface area (Å²) >= 11 is 0. The summed E-state index contributed by atoms with van der Waals surface area (Å²) in [4.78, 5) is 26.9. The number of aromatic nitrogens is 2. The first-order valence-electron chi connectivity index (χ1n) is 5.66. The Bertz CT molecular complexity index is 611. The fourth-order valence-electron chi connectivity index (χ4n) is 1.99. The summed E-state index contributed by atoms with van der Waals surface area (Å²) in [6, 6.07) is 2.17. The highest BCUT2D eigenvalue weighted by atomic mass is 16.4. The van der Waals surface area contributed by atoms with Crippen LogP contribution < -0.4 is 0 Å². The number of rotatable bonds is 5. The molecule has 0 aliphatic heterocycles. The predicted molar refractivity (Wildman–Crippen MR) is 66.2 cm³/mol. The van der Waals surface area contributed by atoms with Gasteiger partial charge in [0.25, 0.3) is 0 Å². The molecule has 0 aromatic carbocycles. The predicted octanol–water partition coefficient (Wildman–Crippen LogP) is 0.936. The van der Waals surface area contributed by atoms with E-state index in [-0.39, 0.29) is 47.1 Å². The third kappa shape index (κ3) is 2.58. The highest BCUT2D eigenvalue weighted by Crippen LogP contribution is 2.21. The first-order valence-corrected chi connectivity index (χ1v) is 5.66. The van der Waals surface area contributed by atoms with Crippen LogP contribution in [0.15, 0.2) is 12.1 Å². The topological polar surface area (TPSA) is 147 Å². The van der Waals surface area contributed by atoms with Crippen molar-refractivity contribution in [1.29, 1.82) is 0 Å². The fraction of sp³-hybridized carbons (Fsp3) is 0.167. The van der Waals surface area contributed by atoms with Crippen LogP contribution in [0.2, 0.25) is 0 Å². The lowest BCUT2D eigenvalue weighted by Gasteiger charge is -2.01. The van der Waals surface area contributed by atoms with Crippen LogP contribution >= 0.6 is 0 Å². The largest absolute Gasteiger partial charge is 0.495 e. The number of H-pyrrole nitrogens is 2. The molecule has 0 unspecified atom stereocenters. The molecule has 0 saturated heterocycles. The number of hydrogen-bond acceptors (Lipinski definition) is 4. The number of carboxylic acids is 2. The van der Waals surface area contributed by atoms with E-state index in [1.165, 1.54) is 0 Å². The summed E-state index contributed by atoms with van der Waals surface area (Å²) in [6.45, 7) is 0. The Balaban J connectivity index is 2.21.